The smallest absolute Gasteiger partial charge is 0.271 e. The number of carbonyl (C=O) groups is 1. The highest BCUT2D eigenvalue weighted by atomic mass is 16.3. The van der Waals surface area contributed by atoms with Crippen molar-refractivity contribution >= 4 is 11.7 Å². The lowest BCUT2D eigenvalue weighted by Crippen LogP contribution is -2.19. The molecule has 0 atom stereocenters. The van der Waals surface area contributed by atoms with Crippen molar-refractivity contribution in [3.63, 3.8) is 0 Å². The summed E-state index contributed by atoms with van der Waals surface area (Å²) in [5, 5.41) is 13.3. The van der Waals surface area contributed by atoms with Crippen LogP contribution in [0.1, 0.15) is 22.0 Å². The van der Waals surface area contributed by atoms with Crippen molar-refractivity contribution < 1.29 is 9.21 Å². The topological polar surface area (TPSA) is 80.0 Å². The van der Waals surface area contributed by atoms with Gasteiger partial charge >= 0.3 is 0 Å². The number of amides is 1. The van der Waals surface area contributed by atoms with Crippen LogP contribution in [0.5, 0.6) is 0 Å². The molecule has 0 unspecified atom stereocenters. The first-order valence-electron chi connectivity index (χ1n) is 5.54. The van der Waals surface area contributed by atoms with E-state index in [2.05, 4.69) is 20.8 Å². The molecule has 2 aromatic rings. The number of aromatic nitrogens is 2. The fraction of sp³-hybridized carbons (Fsp3) is 0.250. The Bertz CT molecular complexity index is 533. The molecule has 0 aliphatic rings. The van der Waals surface area contributed by atoms with Gasteiger partial charge in [-0.1, -0.05) is 0 Å². The molecule has 0 bridgehead atoms. The zero-order valence-corrected chi connectivity index (χ0v) is 10.2. The Kier molecular flexibility index (Phi) is 3.57. The molecule has 0 radical (unpaired) electrons. The van der Waals surface area contributed by atoms with E-state index in [0.29, 0.717) is 12.4 Å². The van der Waals surface area contributed by atoms with E-state index in [1.807, 2.05) is 19.1 Å². The van der Waals surface area contributed by atoms with E-state index in [1.165, 1.54) is 0 Å². The minimum Gasteiger partial charge on any atom is -0.465 e. The average molecular weight is 246 g/mol. The van der Waals surface area contributed by atoms with Crippen LogP contribution >= 0.6 is 0 Å². The van der Waals surface area contributed by atoms with E-state index < -0.39 is 0 Å². The summed E-state index contributed by atoms with van der Waals surface area (Å²) in [6.07, 6.45) is 0. The van der Waals surface area contributed by atoms with Crippen molar-refractivity contribution in [3.05, 3.63) is 41.5 Å². The predicted octanol–water partition coefficient (Wildman–Crippen LogP) is 1.35. The first kappa shape index (κ1) is 12.1. The molecule has 94 valence electrons. The molecule has 0 saturated heterocycles. The van der Waals surface area contributed by atoms with Crippen molar-refractivity contribution in [1.29, 1.82) is 0 Å². The molecule has 0 aliphatic heterocycles. The highest BCUT2D eigenvalue weighted by Crippen LogP contribution is 2.09. The molecular weight excluding hydrogens is 232 g/mol. The minimum absolute atomic E-state index is 0.254. The second-order valence-corrected chi connectivity index (χ2v) is 3.75. The summed E-state index contributed by atoms with van der Waals surface area (Å²) in [7, 11) is 1.55. The SMILES string of the molecule is CNC(=O)c1ccc(NCc2ccc(C)o2)nn1. The van der Waals surface area contributed by atoms with Gasteiger partial charge in [-0.15, -0.1) is 10.2 Å². The molecule has 0 spiro atoms. The Labute approximate surface area is 104 Å². The fourth-order valence-corrected chi connectivity index (χ4v) is 1.43. The molecule has 18 heavy (non-hydrogen) atoms. The molecule has 1 amide bonds. The quantitative estimate of drug-likeness (QED) is 0.851. The Morgan fingerprint density at radius 1 is 1.28 bits per heavy atom. The van der Waals surface area contributed by atoms with Crippen molar-refractivity contribution in [1.82, 2.24) is 15.5 Å². The van der Waals surface area contributed by atoms with Gasteiger partial charge in [-0.25, -0.2) is 0 Å². The monoisotopic (exact) mass is 246 g/mol. The first-order chi connectivity index (χ1) is 8.69. The van der Waals surface area contributed by atoms with Gasteiger partial charge in [0, 0.05) is 7.05 Å². The molecule has 2 N–H and O–H groups in total. The lowest BCUT2D eigenvalue weighted by Gasteiger charge is -2.03. The molecule has 0 aliphatic carbocycles. The third-order valence-electron chi connectivity index (χ3n) is 2.36. The Morgan fingerprint density at radius 2 is 2.11 bits per heavy atom. The molecule has 6 heteroatoms. The van der Waals surface area contributed by atoms with Crippen molar-refractivity contribution in [2.75, 3.05) is 12.4 Å². The number of hydrogen-bond acceptors (Lipinski definition) is 5. The first-order valence-corrected chi connectivity index (χ1v) is 5.54. The standard InChI is InChI=1S/C12H14N4O2/c1-8-3-4-9(18-8)7-14-11-6-5-10(15-16-11)12(17)13-2/h3-6H,7H2,1-2H3,(H,13,17)(H,14,16). The van der Waals surface area contributed by atoms with E-state index in [-0.39, 0.29) is 11.6 Å². The minimum atomic E-state index is -0.254. The third kappa shape index (κ3) is 2.85. The lowest BCUT2D eigenvalue weighted by molar-refractivity contribution is 0.0957. The van der Waals surface area contributed by atoms with Gasteiger partial charge in [-0.05, 0) is 31.2 Å². The molecule has 6 nitrogen and oxygen atoms in total. The van der Waals surface area contributed by atoms with Gasteiger partial charge in [0.15, 0.2) is 5.69 Å². The van der Waals surface area contributed by atoms with Crippen LogP contribution in [0, 0.1) is 6.92 Å². The molecule has 0 aromatic carbocycles. The average Bonchev–Trinajstić information content (AvgIpc) is 2.82. The molecule has 0 saturated carbocycles. The summed E-state index contributed by atoms with van der Waals surface area (Å²) in [4.78, 5) is 11.3. The van der Waals surface area contributed by atoms with Gasteiger partial charge in [0.1, 0.15) is 17.3 Å². The van der Waals surface area contributed by atoms with Crippen molar-refractivity contribution in [2.24, 2.45) is 0 Å². The van der Waals surface area contributed by atoms with Crippen molar-refractivity contribution in [3.8, 4) is 0 Å². The maximum atomic E-state index is 11.3. The maximum absolute atomic E-state index is 11.3. The van der Waals surface area contributed by atoms with Gasteiger partial charge in [-0.2, -0.15) is 0 Å². The van der Waals surface area contributed by atoms with Crippen LogP contribution in [-0.4, -0.2) is 23.2 Å². The van der Waals surface area contributed by atoms with Gasteiger partial charge in [0.05, 0.1) is 6.54 Å². The van der Waals surface area contributed by atoms with Gasteiger partial charge in [0.2, 0.25) is 0 Å². The van der Waals surface area contributed by atoms with Crippen LogP contribution in [0.25, 0.3) is 0 Å². The molecule has 2 aromatic heterocycles. The summed E-state index contributed by atoms with van der Waals surface area (Å²) in [5.74, 6) is 2.03. The molecule has 2 rings (SSSR count). The van der Waals surface area contributed by atoms with E-state index >= 15 is 0 Å². The zero-order chi connectivity index (χ0) is 13.0. The number of rotatable bonds is 4. The van der Waals surface area contributed by atoms with Crippen LogP contribution in [0.3, 0.4) is 0 Å². The molecule has 0 fully saturated rings. The van der Waals surface area contributed by atoms with Crippen LogP contribution in [0.2, 0.25) is 0 Å². The normalized spacial score (nSPS) is 10.1. The number of carbonyl (C=O) groups excluding carboxylic acids is 1. The van der Waals surface area contributed by atoms with E-state index in [0.717, 1.165) is 11.5 Å². The highest BCUT2D eigenvalue weighted by Gasteiger charge is 2.05. The van der Waals surface area contributed by atoms with E-state index in [4.69, 9.17) is 4.42 Å². The van der Waals surface area contributed by atoms with Gasteiger partial charge < -0.3 is 15.1 Å². The number of nitrogens with one attached hydrogen (secondary N) is 2. The lowest BCUT2D eigenvalue weighted by atomic mass is 10.3. The second-order valence-electron chi connectivity index (χ2n) is 3.75. The predicted molar refractivity (Wildman–Crippen MR) is 66.2 cm³/mol. The number of aryl methyl sites for hydroxylation is 1. The van der Waals surface area contributed by atoms with Gasteiger partial charge in [0.25, 0.3) is 5.91 Å². The number of hydrogen-bond donors (Lipinski definition) is 2. The number of furan rings is 1. The maximum Gasteiger partial charge on any atom is 0.271 e. The summed E-state index contributed by atoms with van der Waals surface area (Å²) in [5.41, 5.74) is 0.289. The fourth-order valence-electron chi connectivity index (χ4n) is 1.43. The zero-order valence-electron chi connectivity index (χ0n) is 10.2. The van der Waals surface area contributed by atoms with Crippen LogP contribution in [-0.2, 0) is 6.54 Å². The Hall–Kier alpha value is -2.37. The summed E-state index contributed by atoms with van der Waals surface area (Å²) in [6.45, 7) is 2.42. The van der Waals surface area contributed by atoms with Crippen molar-refractivity contribution in [2.45, 2.75) is 13.5 Å². The number of anilines is 1. The Morgan fingerprint density at radius 3 is 2.67 bits per heavy atom. The third-order valence-corrected chi connectivity index (χ3v) is 2.36. The van der Waals surface area contributed by atoms with Gasteiger partial charge in [-0.3, -0.25) is 4.79 Å². The van der Waals surface area contributed by atoms with E-state index in [9.17, 15) is 4.79 Å². The Balaban J connectivity index is 1.96. The van der Waals surface area contributed by atoms with Crippen LogP contribution < -0.4 is 10.6 Å². The second kappa shape index (κ2) is 5.31. The largest absolute Gasteiger partial charge is 0.465 e. The van der Waals surface area contributed by atoms with Crippen LogP contribution in [0.4, 0.5) is 5.82 Å². The molecular formula is C12H14N4O2. The summed E-state index contributed by atoms with van der Waals surface area (Å²) < 4.78 is 5.41. The van der Waals surface area contributed by atoms with E-state index in [1.54, 1.807) is 19.2 Å². The number of nitrogens with zero attached hydrogens (tertiary/aromatic N) is 2. The van der Waals surface area contributed by atoms with Crippen LogP contribution in [0.15, 0.2) is 28.7 Å². The molecule has 2 heterocycles. The summed E-state index contributed by atoms with van der Waals surface area (Å²) >= 11 is 0. The highest BCUT2D eigenvalue weighted by molar-refractivity contribution is 5.91. The summed E-state index contributed by atoms with van der Waals surface area (Å²) in [6, 6.07) is 7.11.